The van der Waals surface area contributed by atoms with E-state index in [1.807, 2.05) is 6.92 Å². The molecule has 0 aromatic carbocycles. The van der Waals surface area contributed by atoms with Crippen LogP contribution in [-0.2, 0) is 9.47 Å². The van der Waals surface area contributed by atoms with Gasteiger partial charge in [-0.2, -0.15) is 0 Å². The molecule has 0 radical (unpaired) electrons. The Kier molecular flexibility index (Phi) is 9.87. The number of nitrogens with two attached hydrogens (primary N) is 1. The summed E-state index contributed by atoms with van der Waals surface area (Å²) in [6.45, 7) is 7.18. The summed E-state index contributed by atoms with van der Waals surface area (Å²) in [5.41, 5.74) is 5.34. The molecule has 3 heteroatoms. The summed E-state index contributed by atoms with van der Waals surface area (Å²) in [4.78, 5) is 0. The second-order valence-corrected chi connectivity index (χ2v) is 3.25. The predicted molar refractivity (Wildman–Crippen MR) is 54.8 cm³/mol. The minimum Gasteiger partial charge on any atom is -0.379 e. The number of rotatable bonds is 9. The molecule has 3 nitrogen and oxygen atoms in total. The van der Waals surface area contributed by atoms with Crippen molar-refractivity contribution in [2.24, 2.45) is 5.73 Å². The highest BCUT2D eigenvalue weighted by molar-refractivity contribution is 4.48. The van der Waals surface area contributed by atoms with Crippen LogP contribution in [0.1, 0.15) is 33.1 Å². The zero-order valence-electron chi connectivity index (χ0n) is 8.92. The van der Waals surface area contributed by atoms with Crippen molar-refractivity contribution >= 4 is 0 Å². The van der Waals surface area contributed by atoms with E-state index in [0.29, 0.717) is 13.2 Å². The molecule has 0 amide bonds. The number of hydrogen-bond donors (Lipinski definition) is 1. The fourth-order valence-electron chi connectivity index (χ4n) is 0.912. The maximum absolute atomic E-state index is 5.46. The van der Waals surface area contributed by atoms with Gasteiger partial charge in [0.1, 0.15) is 0 Å². The first-order valence-corrected chi connectivity index (χ1v) is 5.20. The van der Waals surface area contributed by atoms with E-state index in [0.717, 1.165) is 26.1 Å². The molecule has 0 fully saturated rings. The van der Waals surface area contributed by atoms with E-state index < -0.39 is 0 Å². The van der Waals surface area contributed by atoms with Crippen LogP contribution in [0.15, 0.2) is 0 Å². The summed E-state index contributed by atoms with van der Waals surface area (Å²) in [5.74, 6) is 0. The minimum absolute atomic E-state index is 0.198. The topological polar surface area (TPSA) is 44.5 Å². The molecule has 0 aromatic heterocycles. The van der Waals surface area contributed by atoms with Crippen LogP contribution in [0, 0.1) is 0 Å². The molecule has 0 aliphatic rings. The Labute approximate surface area is 81.6 Å². The van der Waals surface area contributed by atoms with Gasteiger partial charge in [0, 0.05) is 13.2 Å². The van der Waals surface area contributed by atoms with Gasteiger partial charge in [0.15, 0.2) is 0 Å². The van der Waals surface area contributed by atoms with Crippen molar-refractivity contribution in [1.82, 2.24) is 0 Å². The Morgan fingerprint density at radius 1 is 1.23 bits per heavy atom. The molecule has 0 spiro atoms. The van der Waals surface area contributed by atoms with Crippen LogP contribution >= 0.6 is 0 Å². The van der Waals surface area contributed by atoms with Gasteiger partial charge in [-0.1, -0.05) is 13.3 Å². The standard InChI is InChI=1S/C10H23NO2/c1-3-4-7-12-9-10(2)13-8-5-6-11/h10H,3-9,11H2,1-2H3. The number of hydrogen-bond acceptors (Lipinski definition) is 3. The zero-order chi connectivity index (χ0) is 9.94. The predicted octanol–water partition coefficient (Wildman–Crippen LogP) is 1.56. The monoisotopic (exact) mass is 189 g/mol. The number of unbranched alkanes of at least 4 members (excludes halogenated alkanes) is 1. The Morgan fingerprint density at radius 2 is 2.00 bits per heavy atom. The van der Waals surface area contributed by atoms with Crippen molar-refractivity contribution in [3.8, 4) is 0 Å². The molecule has 0 saturated heterocycles. The molecular weight excluding hydrogens is 166 g/mol. The van der Waals surface area contributed by atoms with Crippen molar-refractivity contribution in [3.05, 3.63) is 0 Å². The van der Waals surface area contributed by atoms with Crippen molar-refractivity contribution in [1.29, 1.82) is 0 Å². The molecule has 0 aromatic rings. The van der Waals surface area contributed by atoms with Gasteiger partial charge in [0.25, 0.3) is 0 Å². The lowest BCUT2D eigenvalue weighted by molar-refractivity contribution is -0.00739. The first kappa shape index (κ1) is 12.9. The third kappa shape index (κ3) is 9.80. The Morgan fingerprint density at radius 3 is 2.62 bits per heavy atom. The van der Waals surface area contributed by atoms with E-state index in [2.05, 4.69) is 6.92 Å². The zero-order valence-corrected chi connectivity index (χ0v) is 8.92. The SMILES string of the molecule is CCCCOCC(C)OCCCN. The van der Waals surface area contributed by atoms with Gasteiger partial charge in [0.2, 0.25) is 0 Å². The summed E-state index contributed by atoms with van der Waals surface area (Å²) in [6, 6.07) is 0. The van der Waals surface area contributed by atoms with Crippen LogP contribution in [0.25, 0.3) is 0 Å². The van der Waals surface area contributed by atoms with Gasteiger partial charge in [-0.3, -0.25) is 0 Å². The second kappa shape index (κ2) is 9.96. The van der Waals surface area contributed by atoms with Gasteiger partial charge < -0.3 is 15.2 Å². The lowest BCUT2D eigenvalue weighted by atomic mass is 10.3. The van der Waals surface area contributed by atoms with Gasteiger partial charge in [0.05, 0.1) is 12.7 Å². The molecule has 0 rings (SSSR count). The normalized spacial score (nSPS) is 13.2. The fourth-order valence-corrected chi connectivity index (χ4v) is 0.912. The van der Waals surface area contributed by atoms with Crippen LogP contribution in [0.5, 0.6) is 0 Å². The lowest BCUT2D eigenvalue weighted by Gasteiger charge is -2.12. The molecule has 0 bridgehead atoms. The van der Waals surface area contributed by atoms with Gasteiger partial charge in [-0.05, 0) is 26.3 Å². The van der Waals surface area contributed by atoms with Crippen LogP contribution in [0.2, 0.25) is 0 Å². The highest BCUT2D eigenvalue weighted by Gasteiger charge is 2.00. The smallest absolute Gasteiger partial charge is 0.0780 e. The molecule has 1 unspecified atom stereocenters. The molecule has 1 atom stereocenters. The van der Waals surface area contributed by atoms with Crippen LogP contribution in [0.4, 0.5) is 0 Å². The summed E-state index contributed by atoms with van der Waals surface area (Å²) >= 11 is 0. The summed E-state index contributed by atoms with van der Waals surface area (Å²) in [6.07, 6.45) is 3.44. The molecule has 2 N–H and O–H groups in total. The molecule has 0 saturated carbocycles. The average molecular weight is 189 g/mol. The van der Waals surface area contributed by atoms with Crippen molar-refractivity contribution in [2.45, 2.75) is 39.2 Å². The first-order valence-electron chi connectivity index (χ1n) is 5.20. The third-order valence-electron chi connectivity index (χ3n) is 1.75. The van der Waals surface area contributed by atoms with E-state index >= 15 is 0 Å². The Balaban J connectivity index is 3.05. The molecule has 13 heavy (non-hydrogen) atoms. The maximum atomic E-state index is 5.46. The average Bonchev–Trinajstić information content (AvgIpc) is 2.13. The van der Waals surface area contributed by atoms with E-state index in [9.17, 15) is 0 Å². The van der Waals surface area contributed by atoms with Gasteiger partial charge in [-0.15, -0.1) is 0 Å². The second-order valence-electron chi connectivity index (χ2n) is 3.25. The molecule has 80 valence electrons. The third-order valence-corrected chi connectivity index (χ3v) is 1.75. The molecule has 0 aliphatic heterocycles. The summed E-state index contributed by atoms with van der Waals surface area (Å²) in [5, 5.41) is 0. The molecule has 0 heterocycles. The Hall–Kier alpha value is -0.120. The Bertz CT molecular complexity index is 98.9. The van der Waals surface area contributed by atoms with Crippen LogP contribution in [0.3, 0.4) is 0 Å². The van der Waals surface area contributed by atoms with Crippen LogP contribution in [-0.4, -0.2) is 32.5 Å². The highest BCUT2D eigenvalue weighted by Crippen LogP contribution is 1.95. The van der Waals surface area contributed by atoms with E-state index in [1.54, 1.807) is 0 Å². The fraction of sp³-hybridized carbons (Fsp3) is 1.00. The minimum atomic E-state index is 0.198. The highest BCUT2D eigenvalue weighted by atomic mass is 16.5. The van der Waals surface area contributed by atoms with E-state index in [4.69, 9.17) is 15.2 Å². The van der Waals surface area contributed by atoms with E-state index in [-0.39, 0.29) is 6.10 Å². The van der Waals surface area contributed by atoms with Crippen LogP contribution < -0.4 is 5.73 Å². The largest absolute Gasteiger partial charge is 0.379 e. The summed E-state index contributed by atoms with van der Waals surface area (Å²) in [7, 11) is 0. The van der Waals surface area contributed by atoms with E-state index in [1.165, 1.54) is 6.42 Å². The lowest BCUT2D eigenvalue weighted by Crippen LogP contribution is -2.18. The summed E-state index contributed by atoms with van der Waals surface area (Å²) < 4.78 is 10.9. The van der Waals surface area contributed by atoms with Crippen molar-refractivity contribution in [2.75, 3.05) is 26.4 Å². The molecule has 0 aliphatic carbocycles. The van der Waals surface area contributed by atoms with Gasteiger partial charge >= 0.3 is 0 Å². The maximum Gasteiger partial charge on any atom is 0.0780 e. The van der Waals surface area contributed by atoms with Crippen molar-refractivity contribution < 1.29 is 9.47 Å². The number of ether oxygens (including phenoxy) is 2. The van der Waals surface area contributed by atoms with Gasteiger partial charge in [-0.25, -0.2) is 0 Å². The van der Waals surface area contributed by atoms with Crippen molar-refractivity contribution in [3.63, 3.8) is 0 Å². The first-order chi connectivity index (χ1) is 6.31. The quantitative estimate of drug-likeness (QED) is 0.560. The molecular formula is C10H23NO2.